The van der Waals surface area contributed by atoms with Crippen LogP contribution >= 0.6 is 0 Å². The molecule has 0 bridgehead atoms. The van der Waals surface area contributed by atoms with E-state index in [4.69, 9.17) is 10.7 Å². The summed E-state index contributed by atoms with van der Waals surface area (Å²) in [6.45, 7) is 2.61. The number of nitrogens with one attached hydrogen (secondary N) is 1. The number of para-hydroxylation sites is 1. The van der Waals surface area contributed by atoms with E-state index in [2.05, 4.69) is 32.3 Å². The van der Waals surface area contributed by atoms with E-state index in [0.717, 1.165) is 17.7 Å². The van der Waals surface area contributed by atoms with Crippen molar-refractivity contribution in [2.24, 2.45) is 0 Å². The van der Waals surface area contributed by atoms with Gasteiger partial charge in [0.15, 0.2) is 0 Å². The highest BCUT2D eigenvalue weighted by Gasteiger charge is 2.22. The number of nitrogens with two attached hydrogens (primary N) is 1. The number of rotatable bonds is 5. The summed E-state index contributed by atoms with van der Waals surface area (Å²) in [4.78, 5) is 29.2. The van der Waals surface area contributed by atoms with Crippen LogP contribution in [0.1, 0.15) is 29.9 Å². The topological polar surface area (TPSA) is 126 Å². The van der Waals surface area contributed by atoms with Gasteiger partial charge < -0.3 is 16.0 Å². The molecule has 1 atom stereocenters. The van der Waals surface area contributed by atoms with E-state index in [1.165, 1.54) is 6.20 Å². The van der Waals surface area contributed by atoms with Crippen molar-refractivity contribution in [3.8, 4) is 11.8 Å². The summed E-state index contributed by atoms with van der Waals surface area (Å²) in [5.74, 6) is 0.798. The third kappa shape index (κ3) is 4.16. The predicted octanol–water partition coefficient (Wildman–Crippen LogP) is 3.65. The number of fused-ring (bicyclic) bond motifs is 1. The Hall–Kier alpha value is -4.97. The highest BCUT2D eigenvalue weighted by Crippen LogP contribution is 2.28. The quantitative estimate of drug-likeness (QED) is 0.447. The predicted molar refractivity (Wildman–Crippen MR) is 140 cm³/mol. The Morgan fingerprint density at radius 2 is 1.94 bits per heavy atom. The van der Waals surface area contributed by atoms with Crippen LogP contribution in [-0.2, 0) is 0 Å². The number of benzene rings is 2. The second-order valence-electron chi connectivity index (χ2n) is 8.53. The molecule has 9 nitrogen and oxygen atoms in total. The van der Waals surface area contributed by atoms with Crippen molar-refractivity contribution in [3.63, 3.8) is 0 Å². The first-order valence-electron chi connectivity index (χ1n) is 11.5. The molecular weight excluding hydrogens is 452 g/mol. The molecule has 0 saturated carbocycles. The van der Waals surface area contributed by atoms with Gasteiger partial charge >= 0.3 is 0 Å². The maximum absolute atomic E-state index is 14.1. The summed E-state index contributed by atoms with van der Waals surface area (Å²) in [7, 11) is 2.00. The van der Waals surface area contributed by atoms with Crippen molar-refractivity contribution in [3.05, 3.63) is 100 Å². The number of anilines is 2. The molecule has 0 amide bonds. The molecule has 1 aliphatic heterocycles. The van der Waals surface area contributed by atoms with Crippen LogP contribution in [0.2, 0.25) is 0 Å². The van der Waals surface area contributed by atoms with Gasteiger partial charge in [0.2, 0.25) is 5.95 Å². The second kappa shape index (κ2) is 9.35. The standard InChI is InChI=1S/C27H24N8O/c1-17(31-24-19(15-28)16-30-27(29)33-24)25-32-22-10-6-9-21(18-11-13-34(2)14-12-18)23(22)26(36)35(25)20-7-4-3-5-8-20/h3-13,16-17H,14H2,1-2H3,(H3,29,30,31,33). The lowest BCUT2D eigenvalue weighted by Crippen LogP contribution is -2.28. The summed E-state index contributed by atoms with van der Waals surface area (Å²) in [6.07, 6.45) is 7.47. The zero-order valence-electron chi connectivity index (χ0n) is 19.9. The zero-order valence-corrected chi connectivity index (χ0v) is 19.9. The van der Waals surface area contributed by atoms with Gasteiger partial charge in [-0.1, -0.05) is 36.4 Å². The Balaban J connectivity index is 1.72. The minimum Gasteiger partial charge on any atom is -0.377 e. The lowest BCUT2D eigenvalue weighted by atomic mass is 9.99. The molecule has 1 unspecified atom stereocenters. The molecule has 2 aromatic heterocycles. The van der Waals surface area contributed by atoms with Crippen LogP contribution in [0.4, 0.5) is 11.8 Å². The Bertz CT molecular complexity index is 1620. The van der Waals surface area contributed by atoms with Gasteiger partial charge in [-0.15, -0.1) is 0 Å². The summed E-state index contributed by atoms with van der Waals surface area (Å²) < 4.78 is 1.61. The van der Waals surface area contributed by atoms with Crippen LogP contribution in [0.5, 0.6) is 0 Å². The van der Waals surface area contributed by atoms with E-state index in [1.807, 2.05) is 74.8 Å². The fraction of sp³-hybridized carbons (Fsp3) is 0.148. The van der Waals surface area contributed by atoms with E-state index in [1.54, 1.807) is 4.57 Å². The molecule has 0 saturated heterocycles. The number of nitriles is 1. The van der Waals surface area contributed by atoms with Crippen molar-refractivity contribution in [2.45, 2.75) is 13.0 Å². The molecular formula is C27H24N8O. The van der Waals surface area contributed by atoms with Gasteiger partial charge in [0, 0.05) is 13.6 Å². The van der Waals surface area contributed by atoms with Gasteiger partial charge in [-0.05, 0) is 48.5 Å². The van der Waals surface area contributed by atoms with E-state index >= 15 is 0 Å². The minimum absolute atomic E-state index is 0.0414. The number of likely N-dealkylation sites (N-methyl/N-ethyl adjacent to an activating group) is 1. The summed E-state index contributed by atoms with van der Waals surface area (Å²) >= 11 is 0. The fourth-order valence-electron chi connectivity index (χ4n) is 4.24. The molecule has 2 aromatic carbocycles. The van der Waals surface area contributed by atoms with Crippen LogP contribution in [0.3, 0.4) is 0 Å². The van der Waals surface area contributed by atoms with E-state index in [9.17, 15) is 10.1 Å². The van der Waals surface area contributed by atoms with Crippen LogP contribution < -0.4 is 16.6 Å². The molecule has 36 heavy (non-hydrogen) atoms. The minimum atomic E-state index is -0.491. The van der Waals surface area contributed by atoms with Crippen molar-refractivity contribution in [1.82, 2.24) is 24.4 Å². The van der Waals surface area contributed by atoms with Crippen LogP contribution in [0, 0.1) is 11.3 Å². The molecule has 178 valence electrons. The lowest BCUT2D eigenvalue weighted by Gasteiger charge is -2.22. The van der Waals surface area contributed by atoms with Gasteiger partial charge in [0.1, 0.15) is 23.3 Å². The maximum atomic E-state index is 14.1. The van der Waals surface area contributed by atoms with Crippen LogP contribution in [-0.4, -0.2) is 38.0 Å². The Kier molecular flexibility index (Phi) is 5.92. The smallest absolute Gasteiger partial charge is 0.266 e. The van der Waals surface area contributed by atoms with Crippen molar-refractivity contribution >= 4 is 28.2 Å². The number of aromatic nitrogens is 4. The van der Waals surface area contributed by atoms with E-state index < -0.39 is 6.04 Å². The molecule has 3 N–H and O–H groups in total. The number of nitrogen functional groups attached to an aromatic ring is 1. The molecule has 1 aliphatic rings. The largest absolute Gasteiger partial charge is 0.377 e. The first kappa shape index (κ1) is 22.8. The van der Waals surface area contributed by atoms with Crippen LogP contribution in [0.25, 0.3) is 22.2 Å². The lowest BCUT2D eigenvalue weighted by molar-refractivity contribution is 0.506. The van der Waals surface area contributed by atoms with Crippen LogP contribution in [0.15, 0.2) is 77.9 Å². The van der Waals surface area contributed by atoms with Gasteiger partial charge in [-0.2, -0.15) is 10.2 Å². The number of hydrogen-bond acceptors (Lipinski definition) is 8. The molecule has 9 heteroatoms. The summed E-state index contributed by atoms with van der Waals surface area (Å²) in [5, 5.41) is 13.2. The SMILES string of the molecule is CC(Nc1nc(N)ncc1C#N)c1nc2cccc(C3=CCN(C)C=C3)c2c(=O)n1-c1ccccc1. The number of hydrogen-bond donors (Lipinski definition) is 2. The van der Waals surface area contributed by atoms with E-state index in [-0.39, 0.29) is 22.9 Å². The van der Waals surface area contributed by atoms with Gasteiger partial charge in [0.25, 0.3) is 5.56 Å². The number of nitrogens with zero attached hydrogens (tertiary/aromatic N) is 6. The Labute approximate surface area is 207 Å². The fourth-order valence-corrected chi connectivity index (χ4v) is 4.24. The number of allylic oxidation sites excluding steroid dienone is 2. The van der Waals surface area contributed by atoms with Gasteiger partial charge in [0.05, 0.1) is 28.8 Å². The third-order valence-electron chi connectivity index (χ3n) is 6.03. The summed E-state index contributed by atoms with van der Waals surface area (Å²) in [6, 6.07) is 16.7. The molecule has 0 spiro atoms. The first-order valence-corrected chi connectivity index (χ1v) is 11.5. The molecule has 3 heterocycles. The average Bonchev–Trinajstić information content (AvgIpc) is 2.89. The van der Waals surface area contributed by atoms with Gasteiger partial charge in [-0.3, -0.25) is 9.36 Å². The van der Waals surface area contributed by atoms with Crippen molar-refractivity contribution < 1.29 is 0 Å². The molecule has 4 aromatic rings. The highest BCUT2D eigenvalue weighted by molar-refractivity contribution is 5.94. The zero-order chi connectivity index (χ0) is 25.2. The molecule has 5 rings (SSSR count). The monoisotopic (exact) mass is 476 g/mol. The molecule has 0 radical (unpaired) electrons. The second-order valence-corrected chi connectivity index (χ2v) is 8.53. The molecule has 0 fully saturated rings. The van der Waals surface area contributed by atoms with Gasteiger partial charge in [-0.25, -0.2) is 9.97 Å². The Morgan fingerprint density at radius 3 is 2.67 bits per heavy atom. The maximum Gasteiger partial charge on any atom is 0.266 e. The first-order chi connectivity index (χ1) is 17.5. The Morgan fingerprint density at radius 1 is 1.14 bits per heavy atom. The third-order valence-corrected chi connectivity index (χ3v) is 6.03. The van der Waals surface area contributed by atoms with Crippen molar-refractivity contribution in [1.29, 1.82) is 5.26 Å². The van der Waals surface area contributed by atoms with E-state index in [0.29, 0.717) is 22.4 Å². The molecule has 0 aliphatic carbocycles. The normalized spacial score (nSPS) is 13.8. The summed E-state index contributed by atoms with van der Waals surface area (Å²) in [5.41, 5.74) is 8.91. The van der Waals surface area contributed by atoms with Crippen molar-refractivity contribution in [2.75, 3.05) is 24.6 Å². The average molecular weight is 477 g/mol. The highest BCUT2D eigenvalue weighted by atomic mass is 16.1.